The number of halogens is 1. The molecule has 1 aromatic carbocycles. The molecule has 0 radical (unpaired) electrons. The predicted octanol–water partition coefficient (Wildman–Crippen LogP) is 2.24. The van der Waals surface area contributed by atoms with E-state index in [4.69, 9.17) is 0 Å². The van der Waals surface area contributed by atoms with Crippen molar-refractivity contribution < 1.29 is 4.79 Å². The Morgan fingerprint density at radius 1 is 1.32 bits per heavy atom. The number of rotatable bonds is 7. The maximum atomic E-state index is 11.7. The van der Waals surface area contributed by atoms with E-state index < -0.39 is 0 Å². The SMILES string of the molecule is Cc1ccc(NC(=O)CCNCCN(C)C)cc1Br. The van der Waals surface area contributed by atoms with Crippen LogP contribution in [0.2, 0.25) is 0 Å². The van der Waals surface area contributed by atoms with Gasteiger partial charge in [-0.05, 0) is 38.7 Å². The van der Waals surface area contributed by atoms with Crippen LogP contribution in [0.3, 0.4) is 0 Å². The molecule has 0 atom stereocenters. The van der Waals surface area contributed by atoms with Gasteiger partial charge in [0.2, 0.25) is 5.91 Å². The number of likely N-dealkylation sites (N-methyl/N-ethyl adjacent to an activating group) is 1. The third-order valence-corrected chi connectivity index (χ3v) is 3.57. The van der Waals surface area contributed by atoms with E-state index in [1.54, 1.807) is 0 Å². The van der Waals surface area contributed by atoms with Crippen molar-refractivity contribution in [1.29, 1.82) is 0 Å². The maximum Gasteiger partial charge on any atom is 0.225 e. The van der Waals surface area contributed by atoms with Gasteiger partial charge in [-0.25, -0.2) is 0 Å². The normalized spacial score (nSPS) is 10.8. The highest BCUT2D eigenvalue weighted by Crippen LogP contribution is 2.20. The van der Waals surface area contributed by atoms with Crippen LogP contribution in [0.1, 0.15) is 12.0 Å². The van der Waals surface area contributed by atoms with Crippen molar-refractivity contribution in [2.24, 2.45) is 0 Å². The lowest BCUT2D eigenvalue weighted by molar-refractivity contribution is -0.116. The number of benzene rings is 1. The quantitative estimate of drug-likeness (QED) is 0.755. The van der Waals surface area contributed by atoms with Crippen LogP contribution in [0.4, 0.5) is 5.69 Å². The summed E-state index contributed by atoms with van der Waals surface area (Å²) in [7, 11) is 4.06. The summed E-state index contributed by atoms with van der Waals surface area (Å²) in [4.78, 5) is 13.8. The number of carbonyl (C=O) groups excluding carboxylic acids is 1. The van der Waals surface area contributed by atoms with E-state index in [2.05, 4.69) is 31.5 Å². The van der Waals surface area contributed by atoms with Gasteiger partial charge in [-0.2, -0.15) is 0 Å². The zero-order chi connectivity index (χ0) is 14.3. The number of anilines is 1. The summed E-state index contributed by atoms with van der Waals surface area (Å²) in [6.07, 6.45) is 0.485. The zero-order valence-electron chi connectivity index (χ0n) is 11.8. The van der Waals surface area contributed by atoms with Crippen molar-refractivity contribution in [3.63, 3.8) is 0 Å². The Hall–Kier alpha value is -0.910. The molecule has 0 fully saturated rings. The largest absolute Gasteiger partial charge is 0.326 e. The van der Waals surface area contributed by atoms with Crippen LogP contribution in [-0.2, 0) is 4.79 Å². The number of amides is 1. The standard InChI is InChI=1S/C14H22BrN3O/c1-11-4-5-12(10-13(11)15)17-14(19)6-7-16-8-9-18(2)3/h4-5,10,16H,6-9H2,1-3H3,(H,17,19). The first-order valence-corrected chi connectivity index (χ1v) is 7.20. The number of hydrogen-bond acceptors (Lipinski definition) is 3. The lowest BCUT2D eigenvalue weighted by Gasteiger charge is -2.10. The summed E-state index contributed by atoms with van der Waals surface area (Å²) in [5.41, 5.74) is 1.99. The molecule has 0 aromatic heterocycles. The van der Waals surface area contributed by atoms with Crippen LogP contribution in [-0.4, -0.2) is 44.5 Å². The Labute approximate surface area is 123 Å². The van der Waals surface area contributed by atoms with Gasteiger partial charge in [-0.3, -0.25) is 4.79 Å². The van der Waals surface area contributed by atoms with E-state index in [1.165, 1.54) is 0 Å². The third kappa shape index (κ3) is 6.71. The molecule has 106 valence electrons. The average Bonchev–Trinajstić information content (AvgIpc) is 2.33. The molecular formula is C14H22BrN3O. The van der Waals surface area contributed by atoms with E-state index in [1.807, 2.05) is 39.2 Å². The summed E-state index contributed by atoms with van der Waals surface area (Å²) < 4.78 is 1.01. The Bertz CT molecular complexity index is 421. The van der Waals surface area contributed by atoms with Gasteiger partial charge in [0, 0.05) is 36.2 Å². The van der Waals surface area contributed by atoms with Crippen LogP contribution in [0.5, 0.6) is 0 Å². The minimum atomic E-state index is 0.0353. The fourth-order valence-corrected chi connectivity index (χ4v) is 1.90. The topological polar surface area (TPSA) is 44.4 Å². The molecule has 0 aliphatic heterocycles. The van der Waals surface area contributed by atoms with Gasteiger partial charge >= 0.3 is 0 Å². The maximum absolute atomic E-state index is 11.7. The molecule has 0 aliphatic carbocycles. The summed E-state index contributed by atoms with van der Waals surface area (Å²) in [6.45, 7) is 4.60. The molecule has 0 unspecified atom stereocenters. The molecule has 1 amide bonds. The monoisotopic (exact) mass is 327 g/mol. The van der Waals surface area contributed by atoms with Gasteiger partial charge in [0.25, 0.3) is 0 Å². The van der Waals surface area contributed by atoms with Gasteiger partial charge in [0.1, 0.15) is 0 Å². The van der Waals surface area contributed by atoms with Crippen LogP contribution in [0, 0.1) is 6.92 Å². The highest BCUT2D eigenvalue weighted by Gasteiger charge is 2.03. The van der Waals surface area contributed by atoms with E-state index in [-0.39, 0.29) is 5.91 Å². The van der Waals surface area contributed by atoms with Crippen molar-refractivity contribution in [2.75, 3.05) is 39.0 Å². The van der Waals surface area contributed by atoms with Crippen molar-refractivity contribution >= 4 is 27.5 Å². The summed E-state index contributed by atoms with van der Waals surface area (Å²) in [5, 5.41) is 6.13. The molecule has 5 heteroatoms. The number of hydrogen-bond donors (Lipinski definition) is 2. The van der Waals surface area contributed by atoms with Gasteiger partial charge in [0.15, 0.2) is 0 Å². The molecule has 0 aliphatic rings. The molecule has 0 spiro atoms. The number of aryl methyl sites for hydroxylation is 1. The fourth-order valence-electron chi connectivity index (χ4n) is 1.52. The minimum absolute atomic E-state index is 0.0353. The first-order valence-electron chi connectivity index (χ1n) is 6.40. The Morgan fingerprint density at radius 3 is 2.68 bits per heavy atom. The molecule has 1 aromatic rings. The summed E-state index contributed by atoms with van der Waals surface area (Å²) >= 11 is 3.45. The Balaban J connectivity index is 2.25. The highest BCUT2D eigenvalue weighted by atomic mass is 79.9. The van der Waals surface area contributed by atoms with E-state index in [0.29, 0.717) is 13.0 Å². The number of nitrogens with zero attached hydrogens (tertiary/aromatic N) is 1. The van der Waals surface area contributed by atoms with Crippen molar-refractivity contribution in [3.8, 4) is 0 Å². The minimum Gasteiger partial charge on any atom is -0.326 e. The van der Waals surface area contributed by atoms with Gasteiger partial charge in [-0.1, -0.05) is 22.0 Å². The second-order valence-corrected chi connectivity index (χ2v) is 5.67. The number of nitrogens with one attached hydrogen (secondary N) is 2. The smallest absolute Gasteiger partial charge is 0.225 e. The Morgan fingerprint density at radius 2 is 2.05 bits per heavy atom. The average molecular weight is 328 g/mol. The van der Waals surface area contributed by atoms with Gasteiger partial charge < -0.3 is 15.5 Å². The molecule has 0 saturated carbocycles. The second-order valence-electron chi connectivity index (χ2n) is 4.82. The van der Waals surface area contributed by atoms with Crippen LogP contribution < -0.4 is 10.6 Å². The molecular weight excluding hydrogens is 306 g/mol. The highest BCUT2D eigenvalue weighted by molar-refractivity contribution is 9.10. The van der Waals surface area contributed by atoms with Crippen LogP contribution in [0.15, 0.2) is 22.7 Å². The molecule has 0 bridgehead atoms. The lowest BCUT2D eigenvalue weighted by Crippen LogP contribution is -2.29. The van der Waals surface area contributed by atoms with E-state index in [0.717, 1.165) is 28.8 Å². The Kier molecular flexibility index (Phi) is 7.05. The number of carbonyl (C=O) groups is 1. The van der Waals surface area contributed by atoms with Crippen LogP contribution >= 0.6 is 15.9 Å². The molecule has 0 heterocycles. The molecule has 2 N–H and O–H groups in total. The lowest BCUT2D eigenvalue weighted by atomic mass is 10.2. The van der Waals surface area contributed by atoms with E-state index in [9.17, 15) is 4.79 Å². The first kappa shape index (κ1) is 16.1. The van der Waals surface area contributed by atoms with E-state index >= 15 is 0 Å². The zero-order valence-corrected chi connectivity index (χ0v) is 13.4. The van der Waals surface area contributed by atoms with Crippen molar-refractivity contribution in [3.05, 3.63) is 28.2 Å². The van der Waals surface area contributed by atoms with Crippen molar-refractivity contribution in [2.45, 2.75) is 13.3 Å². The van der Waals surface area contributed by atoms with Gasteiger partial charge in [-0.15, -0.1) is 0 Å². The predicted molar refractivity (Wildman–Crippen MR) is 83.5 cm³/mol. The van der Waals surface area contributed by atoms with Crippen LogP contribution in [0.25, 0.3) is 0 Å². The summed E-state index contributed by atoms with van der Waals surface area (Å²) in [6, 6.07) is 5.82. The summed E-state index contributed by atoms with van der Waals surface area (Å²) in [5.74, 6) is 0.0353. The molecule has 4 nitrogen and oxygen atoms in total. The molecule has 0 saturated heterocycles. The van der Waals surface area contributed by atoms with Gasteiger partial charge in [0.05, 0.1) is 0 Å². The first-order chi connectivity index (χ1) is 8.99. The molecule has 1 rings (SSSR count). The van der Waals surface area contributed by atoms with Crippen molar-refractivity contribution in [1.82, 2.24) is 10.2 Å². The fraction of sp³-hybridized carbons (Fsp3) is 0.500. The molecule has 19 heavy (non-hydrogen) atoms. The third-order valence-electron chi connectivity index (χ3n) is 2.72. The second kappa shape index (κ2) is 8.30.